The smallest absolute Gasteiger partial charge is 0.214 e. The Balaban J connectivity index is 1.40. The quantitative estimate of drug-likeness (QED) is 0.290. The topological polar surface area (TPSA) is 63.2 Å². The minimum absolute atomic E-state index is 0.0344. The van der Waals surface area contributed by atoms with Crippen molar-refractivity contribution in [1.29, 1.82) is 0 Å². The number of rotatable bonds is 11. The molecule has 2 aliphatic heterocycles. The third kappa shape index (κ3) is 7.18. The number of ketones is 1. The summed E-state index contributed by atoms with van der Waals surface area (Å²) in [7, 11) is 0. The van der Waals surface area contributed by atoms with Crippen LogP contribution in [0.2, 0.25) is 0 Å². The Morgan fingerprint density at radius 1 is 0.769 bits per heavy atom. The lowest BCUT2D eigenvalue weighted by atomic mass is 10.00. The Labute approximate surface area is 234 Å². The van der Waals surface area contributed by atoms with Crippen LogP contribution in [0.25, 0.3) is 0 Å². The molecule has 204 valence electrons. The number of carbonyl (C=O) groups is 1. The number of allylic oxidation sites excluding steroid dienone is 2. The first kappa shape index (κ1) is 27.6. The maximum absolute atomic E-state index is 12.4. The molecule has 0 aliphatic carbocycles. The molecule has 39 heavy (non-hydrogen) atoms. The standard InChI is InChI=1S/C32H34O6S/c1-22(33)30-23(2)37-32-31(39-30)29(36-20-26-16-10-5-11-17-26)28(35-19-25-14-8-4-9-15-25)27(38-32)21-34-18-24-12-6-3-7-13-24/h3-17,27-29,31-32H,18-21H2,1-2H3/t27-,28-,29+,31-,32+/m1/s1. The molecule has 0 aromatic heterocycles. The van der Waals surface area contributed by atoms with Crippen molar-refractivity contribution in [3.63, 3.8) is 0 Å². The lowest BCUT2D eigenvalue weighted by Crippen LogP contribution is -2.60. The Bertz CT molecular complexity index is 1230. The predicted molar refractivity (Wildman–Crippen MR) is 151 cm³/mol. The maximum atomic E-state index is 12.4. The van der Waals surface area contributed by atoms with Gasteiger partial charge < -0.3 is 23.7 Å². The molecule has 0 bridgehead atoms. The number of carbonyl (C=O) groups excluding carboxylic acids is 1. The number of thioether (sulfide) groups is 1. The van der Waals surface area contributed by atoms with Crippen molar-refractivity contribution in [2.75, 3.05) is 6.61 Å². The predicted octanol–water partition coefficient (Wildman–Crippen LogP) is 6.05. The highest BCUT2D eigenvalue weighted by Gasteiger charge is 2.51. The fourth-order valence-corrected chi connectivity index (χ4v) is 6.05. The fourth-order valence-electron chi connectivity index (χ4n) is 4.80. The second kappa shape index (κ2) is 13.4. The zero-order valence-corrected chi connectivity index (χ0v) is 23.0. The third-order valence-corrected chi connectivity index (χ3v) is 8.32. The highest BCUT2D eigenvalue weighted by Crippen LogP contribution is 2.43. The van der Waals surface area contributed by atoms with Crippen molar-refractivity contribution in [3.8, 4) is 0 Å². The molecule has 0 amide bonds. The summed E-state index contributed by atoms with van der Waals surface area (Å²) in [5.74, 6) is 0.538. The van der Waals surface area contributed by atoms with E-state index in [-0.39, 0.29) is 11.0 Å². The van der Waals surface area contributed by atoms with Crippen molar-refractivity contribution in [3.05, 3.63) is 118 Å². The second-order valence-electron chi connectivity index (χ2n) is 9.71. The Hall–Kier alpha value is -2.94. The molecule has 6 nitrogen and oxygen atoms in total. The largest absolute Gasteiger partial charge is 0.467 e. The summed E-state index contributed by atoms with van der Waals surface area (Å²) >= 11 is 1.46. The molecule has 3 aromatic carbocycles. The first-order valence-corrected chi connectivity index (χ1v) is 14.1. The monoisotopic (exact) mass is 546 g/mol. The molecule has 3 aromatic rings. The van der Waals surface area contributed by atoms with Crippen LogP contribution < -0.4 is 0 Å². The summed E-state index contributed by atoms with van der Waals surface area (Å²) in [6.45, 7) is 4.92. The van der Waals surface area contributed by atoms with Crippen molar-refractivity contribution in [2.24, 2.45) is 0 Å². The molecule has 0 N–H and O–H groups in total. The van der Waals surface area contributed by atoms with Gasteiger partial charge in [0.05, 0.1) is 31.3 Å². The summed E-state index contributed by atoms with van der Waals surface area (Å²) in [6, 6.07) is 30.1. The summed E-state index contributed by atoms with van der Waals surface area (Å²) in [6.07, 6.45) is -1.90. The van der Waals surface area contributed by atoms with E-state index in [9.17, 15) is 4.79 Å². The van der Waals surface area contributed by atoms with E-state index >= 15 is 0 Å². The Morgan fingerprint density at radius 3 is 1.82 bits per heavy atom. The molecule has 1 saturated heterocycles. The molecule has 0 saturated carbocycles. The third-order valence-electron chi connectivity index (χ3n) is 6.74. The number of benzene rings is 3. The van der Waals surface area contributed by atoms with E-state index in [1.807, 2.05) is 97.9 Å². The van der Waals surface area contributed by atoms with Gasteiger partial charge in [0.1, 0.15) is 29.3 Å². The van der Waals surface area contributed by atoms with Crippen molar-refractivity contribution >= 4 is 17.5 Å². The SMILES string of the molecule is CC(=O)C1=C(C)O[C@H]2O[C@H](COCc3ccccc3)[C@@H](OCc3ccccc3)[C@H](OCc3ccccc3)[C@H]2S1. The highest BCUT2D eigenvalue weighted by molar-refractivity contribution is 8.04. The number of Topliss-reactive ketones (excluding diaryl/α,β-unsaturated/α-hetero) is 1. The van der Waals surface area contributed by atoms with Crippen LogP contribution in [-0.4, -0.2) is 42.2 Å². The Kier molecular flexibility index (Phi) is 9.50. The Morgan fingerprint density at radius 2 is 1.28 bits per heavy atom. The van der Waals surface area contributed by atoms with Crippen LogP contribution in [0.5, 0.6) is 0 Å². The van der Waals surface area contributed by atoms with Crippen LogP contribution >= 0.6 is 11.8 Å². The summed E-state index contributed by atoms with van der Waals surface area (Å²) in [5, 5.41) is -0.289. The van der Waals surface area contributed by atoms with E-state index < -0.39 is 24.6 Å². The second-order valence-corrected chi connectivity index (χ2v) is 10.9. The summed E-state index contributed by atoms with van der Waals surface area (Å²) in [5.41, 5.74) is 3.19. The average Bonchev–Trinajstić information content (AvgIpc) is 2.96. The number of hydrogen-bond donors (Lipinski definition) is 0. The van der Waals surface area contributed by atoms with E-state index in [4.69, 9.17) is 23.7 Å². The molecule has 2 aliphatic rings. The van der Waals surface area contributed by atoms with Crippen LogP contribution in [0.15, 0.2) is 102 Å². The number of fused-ring (bicyclic) bond motifs is 1. The normalized spacial score (nSPS) is 24.6. The van der Waals surface area contributed by atoms with Gasteiger partial charge in [0.15, 0.2) is 5.78 Å². The van der Waals surface area contributed by atoms with Gasteiger partial charge in [-0.1, -0.05) is 91.0 Å². The zero-order valence-electron chi connectivity index (χ0n) is 22.2. The van der Waals surface area contributed by atoms with E-state index in [2.05, 4.69) is 0 Å². The van der Waals surface area contributed by atoms with E-state index in [0.29, 0.717) is 37.1 Å². The van der Waals surface area contributed by atoms with Crippen LogP contribution in [-0.2, 0) is 48.3 Å². The first-order chi connectivity index (χ1) is 19.1. The first-order valence-electron chi connectivity index (χ1n) is 13.2. The highest BCUT2D eigenvalue weighted by atomic mass is 32.2. The van der Waals surface area contributed by atoms with Crippen molar-refractivity contribution in [1.82, 2.24) is 0 Å². The van der Waals surface area contributed by atoms with Gasteiger partial charge in [0.25, 0.3) is 0 Å². The molecular weight excluding hydrogens is 512 g/mol. The van der Waals surface area contributed by atoms with Gasteiger partial charge in [0, 0.05) is 0 Å². The molecule has 1 fully saturated rings. The number of hydrogen-bond acceptors (Lipinski definition) is 7. The lowest BCUT2D eigenvalue weighted by Gasteiger charge is -2.47. The van der Waals surface area contributed by atoms with E-state index in [1.54, 1.807) is 6.92 Å². The van der Waals surface area contributed by atoms with Crippen LogP contribution in [0.4, 0.5) is 0 Å². The molecule has 7 heteroatoms. The van der Waals surface area contributed by atoms with Gasteiger partial charge in [-0.25, -0.2) is 0 Å². The lowest BCUT2D eigenvalue weighted by molar-refractivity contribution is -0.266. The molecule has 0 unspecified atom stereocenters. The zero-order chi connectivity index (χ0) is 27.0. The van der Waals surface area contributed by atoms with Gasteiger partial charge in [-0.05, 0) is 30.5 Å². The van der Waals surface area contributed by atoms with E-state index in [1.165, 1.54) is 11.8 Å². The van der Waals surface area contributed by atoms with Crippen LogP contribution in [0.1, 0.15) is 30.5 Å². The van der Waals surface area contributed by atoms with Crippen LogP contribution in [0.3, 0.4) is 0 Å². The summed E-state index contributed by atoms with van der Waals surface area (Å²) in [4.78, 5) is 13.0. The summed E-state index contributed by atoms with van der Waals surface area (Å²) < 4.78 is 32.0. The molecule has 0 radical (unpaired) electrons. The van der Waals surface area contributed by atoms with Gasteiger partial charge in [-0.15, -0.1) is 11.8 Å². The average molecular weight is 547 g/mol. The van der Waals surface area contributed by atoms with Crippen molar-refractivity contribution < 1.29 is 28.5 Å². The van der Waals surface area contributed by atoms with E-state index in [0.717, 1.165) is 16.7 Å². The van der Waals surface area contributed by atoms with Crippen molar-refractivity contribution in [2.45, 2.75) is 63.5 Å². The molecule has 2 heterocycles. The van der Waals surface area contributed by atoms with Gasteiger partial charge >= 0.3 is 0 Å². The minimum Gasteiger partial charge on any atom is -0.467 e. The van der Waals surface area contributed by atoms with Crippen LogP contribution in [0, 0.1) is 0 Å². The maximum Gasteiger partial charge on any atom is 0.214 e. The number of ether oxygens (including phenoxy) is 5. The van der Waals surface area contributed by atoms with Gasteiger partial charge in [-0.2, -0.15) is 0 Å². The van der Waals surface area contributed by atoms with Gasteiger partial charge in [0.2, 0.25) is 6.29 Å². The minimum atomic E-state index is -0.597. The fraction of sp³-hybridized carbons (Fsp3) is 0.344. The molecule has 0 spiro atoms. The van der Waals surface area contributed by atoms with Gasteiger partial charge in [-0.3, -0.25) is 4.79 Å². The molecular formula is C32H34O6S. The molecule has 5 atom stereocenters. The molecule has 5 rings (SSSR count).